The molecule has 0 radical (unpaired) electrons. The summed E-state index contributed by atoms with van der Waals surface area (Å²) in [5.74, 6) is 0.0345. The van der Waals surface area contributed by atoms with E-state index >= 15 is 0 Å². The Balaban J connectivity index is 1.12. The summed E-state index contributed by atoms with van der Waals surface area (Å²) in [7, 11) is 0.914. The molecule has 11 atom stereocenters. The van der Waals surface area contributed by atoms with E-state index in [2.05, 4.69) is 24.9 Å². The molecule has 1 aliphatic heterocycles. The fraction of sp³-hybridized carbons (Fsp3) is 0.667. The summed E-state index contributed by atoms with van der Waals surface area (Å²) in [5, 5.41) is 0. The van der Waals surface area contributed by atoms with Gasteiger partial charge in [-0.25, -0.2) is 4.79 Å². The average Bonchev–Trinajstić information content (AvgIpc) is 3.49. The summed E-state index contributed by atoms with van der Waals surface area (Å²) in [6.45, 7) is 7.72. The first-order valence-electron chi connectivity index (χ1n) is 19.2. The Morgan fingerprint density at radius 1 is 0.961 bits per heavy atom. The summed E-state index contributed by atoms with van der Waals surface area (Å²) in [6.07, 6.45) is 9.92. The standard InChI is InChI=1S/C42H54F3NO5/c1-27(37(35-14-8-10-24-46-35)51-38(47)41(48-4,42(43,44)45)28-12-6-5-7-13-28)32-18-19-33-31-17-16-29-26-30(50-36-15-9-11-25-49-36)20-22-39(29,2)34(31)21-23-40(32,33)3/h5-8,10,12-14,16,24,27,30-34,36-37H,9,11,15,17-23,25-26H2,1-4H3/t27-,30-,31-,32+,33-,34-,36?,37-,39-,40+,41-/m0/s1. The number of hydrogen-bond acceptors (Lipinski definition) is 6. The lowest BCUT2D eigenvalue weighted by Crippen LogP contribution is -2.53. The molecule has 4 aliphatic carbocycles. The Hall–Kier alpha value is -2.75. The SMILES string of the molecule is CO[C@](C(=O)O[C@H](c1ccccn1)[C@@H](C)[C@H]1CC[C@H]2[C@@H]3CC=C4C[C@@H](OC5CCCCO5)CC[C@]4(C)[C@H]3CC[C@]12C)(c1ccccc1)C(F)(F)F. The third-order valence-electron chi connectivity index (χ3n) is 14.1. The largest absolute Gasteiger partial charge is 0.453 e. The first kappa shape index (κ1) is 36.6. The summed E-state index contributed by atoms with van der Waals surface area (Å²) in [5.41, 5.74) is -1.45. The van der Waals surface area contributed by atoms with Gasteiger partial charge in [0.05, 0.1) is 11.8 Å². The van der Waals surface area contributed by atoms with Gasteiger partial charge in [-0.05, 0) is 117 Å². The highest BCUT2D eigenvalue weighted by molar-refractivity contribution is 5.83. The van der Waals surface area contributed by atoms with E-state index in [0.717, 1.165) is 77.9 Å². The van der Waals surface area contributed by atoms with Crippen LogP contribution in [0.2, 0.25) is 0 Å². The fourth-order valence-corrected chi connectivity index (χ4v) is 11.5. The number of alkyl halides is 3. The first-order chi connectivity index (χ1) is 24.4. The molecule has 1 saturated heterocycles. The average molecular weight is 710 g/mol. The summed E-state index contributed by atoms with van der Waals surface area (Å²) < 4.78 is 68.3. The Morgan fingerprint density at radius 3 is 2.43 bits per heavy atom. The molecule has 3 saturated carbocycles. The van der Waals surface area contributed by atoms with Crippen LogP contribution in [0.15, 0.2) is 66.4 Å². The van der Waals surface area contributed by atoms with E-state index in [9.17, 15) is 18.0 Å². The highest BCUT2D eigenvalue weighted by atomic mass is 19.4. The second kappa shape index (κ2) is 14.2. The third kappa shape index (κ3) is 6.37. The maximum atomic E-state index is 14.9. The number of fused-ring (bicyclic) bond motifs is 5. The number of nitrogens with zero attached hydrogens (tertiary/aromatic N) is 1. The smallest absolute Gasteiger partial charge is 0.432 e. The van der Waals surface area contributed by atoms with Crippen molar-refractivity contribution in [3.05, 3.63) is 77.6 Å². The van der Waals surface area contributed by atoms with E-state index in [1.54, 1.807) is 36.0 Å². The highest BCUT2D eigenvalue weighted by Gasteiger charge is 2.65. The van der Waals surface area contributed by atoms with Gasteiger partial charge in [0.2, 0.25) is 0 Å². The van der Waals surface area contributed by atoms with Gasteiger partial charge in [0, 0.05) is 31.4 Å². The molecule has 51 heavy (non-hydrogen) atoms. The minimum absolute atomic E-state index is 0.0395. The Bertz CT molecular complexity index is 1550. The number of ether oxygens (including phenoxy) is 4. The molecular weight excluding hydrogens is 655 g/mol. The molecule has 5 aliphatic rings. The van der Waals surface area contributed by atoms with Gasteiger partial charge in [0.1, 0.15) is 6.10 Å². The predicted molar refractivity (Wildman–Crippen MR) is 187 cm³/mol. The van der Waals surface area contributed by atoms with Crippen LogP contribution >= 0.6 is 0 Å². The zero-order chi connectivity index (χ0) is 36.0. The fourth-order valence-electron chi connectivity index (χ4n) is 11.5. The van der Waals surface area contributed by atoms with Crippen molar-refractivity contribution in [3.8, 4) is 0 Å². The van der Waals surface area contributed by atoms with Crippen LogP contribution in [0, 0.1) is 40.4 Å². The van der Waals surface area contributed by atoms with Crippen LogP contribution in [0.25, 0.3) is 0 Å². The van der Waals surface area contributed by atoms with Crippen LogP contribution in [0.4, 0.5) is 13.2 Å². The molecule has 2 heterocycles. The molecule has 6 nitrogen and oxygen atoms in total. The number of carbonyl (C=O) groups excluding carboxylic acids is 1. The molecule has 278 valence electrons. The van der Waals surface area contributed by atoms with Crippen LogP contribution < -0.4 is 0 Å². The van der Waals surface area contributed by atoms with Gasteiger partial charge in [-0.1, -0.05) is 68.8 Å². The van der Waals surface area contributed by atoms with Crippen molar-refractivity contribution in [3.63, 3.8) is 0 Å². The number of hydrogen-bond donors (Lipinski definition) is 0. The maximum absolute atomic E-state index is 14.9. The quantitative estimate of drug-likeness (QED) is 0.191. The lowest BCUT2D eigenvalue weighted by atomic mass is 9.47. The molecule has 0 amide bonds. The van der Waals surface area contributed by atoms with Crippen molar-refractivity contribution in [1.82, 2.24) is 4.98 Å². The van der Waals surface area contributed by atoms with Crippen LogP contribution in [-0.4, -0.2) is 43.2 Å². The van der Waals surface area contributed by atoms with E-state index in [0.29, 0.717) is 23.4 Å². The van der Waals surface area contributed by atoms with Crippen molar-refractivity contribution >= 4 is 5.97 Å². The Kier molecular flexibility index (Phi) is 10.2. The van der Waals surface area contributed by atoms with Gasteiger partial charge < -0.3 is 18.9 Å². The van der Waals surface area contributed by atoms with E-state index in [1.165, 1.54) is 30.7 Å². The summed E-state index contributed by atoms with van der Waals surface area (Å²) in [4.78, 5) is 18.5. The van der Waals surface area contributed by atoms with Gasteiger partial charge in [-0.3, -0.25) is 4.98 Å². The number of pyridine rings is 1. The number of allylic oxidation sites excluding steroid dienone is 1. The van der Waals surface area contributed by atoms with Crippen LogP contribution in [0.3, 0.4) is 0 Å². The molecule has 4 fully saturated rings. The zero-order valence-electron chi connectivity index (χ0n) is 30.5. The lowest BCUT2D eigenvalue weighted by molar-refractivity contribution is -0.279. The molecule has 0 N–H and O–H groups in total. The number of carbonyl (C=O) groups is 1. The molecule has 1 unspecified atom stereocenters. The number of rotatable bonds is 9. The van der Waals surface area contributed by atoms with Gasteiger partial charge in [0.25, 0.3) is 5.60 Å². The van der Waals surface area contributed by atoms with Crippen molar-refractivity contribution in [2.24, 2.45) is 40.4 Å². The van der Waals surface area contributed by atoms with E-state index in [1.807, 2.05) is 6.92 Å². The van der Waals surface area contributed by atoms with Gasteiger partial charge in [0.15, 0.2) is 6.29 Å². The molecule has 7 rings (SSSR count). The lowest BCUT2D eigenvalue weighted by Gasteiger charge is -2.58. The summed E-state index contributed by atoms with van der Waals surface area (Å²) in [6, 6.07) is 12.3. The van der Waals surface area contributed by atoms with Gasteiger partial charge in [-0.15, -0.1) is 0 Å². The second-order valence-electron chi connectivity index (χ2n) is 16.5. The molecular formula is C42H54F3NO5. The van der Waals surface area contributed by atoms with Crippen LogP contribution in [-0.2, 0) is 29.3 Å². The van der Waals surface area contributed by atoms with Crippen molar-refractivity contribution < 1.29 is 36.9 Å². The maximum Gasteiger partial charge on any atom is 0.432 e. The second-order valence-corrected chi connectivity index (χ2v) is 16.5. The topological polar surface area (TPSA) is 66.9 Å². The van der Waals surface area contributed by atoms with Gasteiger partial charge in [-0.2, -0.15) is 13.2 Å². The minimum atomic E-state index is -5.06. The highest BCUT2D eigenvalue weighted by Crippen LogP contribution is 2.68. The van der Waals surface area contributed by atoms with E-state index in [4.69, 9.17) is 18.9 Å². The first-order valence-corrected chi connectivity index (χ1v) is 19.2. The van der Waals surface area contributed by atoms with Gasteiger partial charge >= 0.3 is 12.1 Å². The molecule has 0 bridgehead atoms. The Morgan fingerprint density at radius 2 is 1.75 bits per heavy atom. The minimum Gasteiger partial charge on any atom is -0.453 e. The molecule has 2 aromatic rings. The zero-order valence-corrected chi connectivity index (χ0v) is 30.5. The molecule has 0 spiro atoms. The summed E-state index contributed by atoms with van der Waals surface area (Å²) >= 11 is 0. The predicted octanol–water partition coefficient (Wildman–Crippen LogP) is 9.90. The van der Waals surface area contributed by atoms with Crippen LogP contribution in [0.1, 0.15) is 109 Å². The third-order valence-corrected chi connectivity index (χ3v) is 14.1. The van der Waals surface area contributed by atoms with E-state index in [-0.39, 0.29) is 40.6 Å². The number of aromatic nitrogens is 1. The monoisotopic (exact) mass is 709 g/mol. The number of benzene rings is 1. The number of esters is 1. The van der Waals surface area contributed by atoms with Crippen molar-refractivity contribution in [2.45, 2.75) is 122 Å². The number of halogens is 3. The molecule has 1 aromatic carbocycles. The van der Waals surface area contributed by atoms with Crippen molar-refractivity contribution in [2.75, 3.05) is 13.7 Å². The molecule has 1 aromatic heterocycles. The van der Waals surface area contributed by atoms with Crippen LogP contribution in [0.5, 0.6) is 0 Å². The Labute approximate surface area is 300 Å². The normalized spacial score (nSPS) is 36.0. The van der Waals surface area contributed by atoms with Crippen molar-refractivity contribution in [1.29, 1.82) is 0 Å². The van der Waals surface area contributed by atoms with E-state index < -0.39 is 23.9 Å². The number of methoxy groups -OCH3 is 1. The molecule has 9 heteroatoms.